The van der Waals surface area contributed by atoms with E-state index in [2.05, 4.69) is 27.9 Å². The van der Waals surface area contributed by atoms with Gasteiger partial charge < -0.3 is 15.8 Å². The van der Waals surface area contributed by atoms with Gasteiger partial charge >= 0.3 is 0 Å². The van der Waals surface area contributed by atoms with Crippen molar-refractivity contribution in [2.75, 3.05) is 6.54 Å². The molecule has 0 aliphatic carbocycles. The van der Waals surface area contributed by atoms with Crippen LogP contribution in [0.2, 0.25) is 0 Å². The number of benzene rings is 2. The highest BCUT2D eigenvalue weighted by Gasteiger charge is 2.18. The third-order valence-electron chi connectivity index (χ3n) is 4.07. The lowest BCUT2D eigenvalue weighted by atomic mass is 10.0. The Morgan fingerprint density at radius 2 is 1.92 bits per heavy atom. The SMILES string of the molecule is CC(C)C(NCCc1cc(OCc2ccc(F)cc2)ccc1I)C(N)=O. The van der Waals surface area contributed by atoms with E-state index >= 15 is 0 Å². The molecule has 6 heteroatoms. The molecule has 1 unspecified atom stereocenters. The van der Waals surface area contributed by atoms with E-state index in [0.29, 0.717) is 13.2 Å². The highest BCUT2D eigenvalue weighted by atomic mass is 127. The highest BCUT2D eigenvalue weighted by molar-refractivity contribution is 14.1. The number of primary amides is 1. The Morgan fingerprint density at radius 1 is 1.23 bits per heavy atom. The van der Waals surface area contributed by atoms with Crippen LogP contribution in [0.5, 0.6) is 5.75 Å². The Bertz CT molecular complexity index is 735. The first-order valence-corrected chi connectivity index (χ1v) is 9.63. The van der Waals surface area contributed by atoms with E-state index in [-0.39, 0.29) is 23.7 Å². The number of hydrogen-bond donors (Lipinski definition) is 2. The number of rotatable bonds is 9. The minimum absolute atomic E-state index is 0.150. The number of nitrogens with two attached hydrogens (primary N) is 1. The third kappa shape index (κ3) is 6.25. The molecule has 3 N–H and O–H groups in total. The minimum Gasteiger partial charge on any atom is -0.489 e. The van der Waals surface area contributed by atoms with Crippen molar-refractivity contribution in [3.8, 4) is 5.75 Å². The van der Waals surface area contributed by atoms with Crippen LogP contribution in [-0.4, -0.2) is 18.5 Å². The summed E-state index contributed by atoms with van der Waals surface area (Å²) in [6.45, 7) is 4.98. The molecule has 2 rings (SSSR count). The van der Waals surface area contributed by atoms with Crippen LogP contribution in [0, 0.1) is 15.3 Å². The van der Waals surface area contributed by atoms with Gasteiger partial charge in [0.05, 0.1) is 6.04 Å². The minimum atomic E-state index is -0.328. The van der Waals surface area contributed by atoms with Gasteiger partial charge in [-0.25, -0.2) is 4.39 Å². The first-order chi connectivity index (χ1) is 12.4. The van der Waals surface area contributed by atoms with Crippen molar-refractivity contribution in [2.24, 2.45) is 11.7 Å². The molecular formula is C20H24FIN2O2. The molecule has 4 nitrogen and oxygen atoms in total. The summed E-state index contributed by atoms with van der Waals surface area (Å²) in [6, 6.07) is 11.9. The largest absolute Gasteiger partial charge is 0.489 e. The second-order valence-corrected chi connectivity index (χ2v) is 7.66. The smallest absolute Gasteiger partial charge is 0.234 e. The van der Waals surface area contributed by atoms with Gasteiger partial charge in [0.25, 0.3) is 0 Å². The highest BCUT2D eigenvalue weighted by Crippen LogP contribution is 2.21. The predicted molar refractivity (Wildman–Crippen MR) is 109 cm³/mol. The molecule has 0 bridgehead atoms. The summed E-state index contributed by atoms with van der Waals surface area (Å²) in [5.74, 6) is 0.330. The van der Waals surface area contributed by atoms with E-state index in [0.717, 1.165) is 26.9 Å². The fourth-order valence-corrected chi connectivity index (χ4v) is 3.21. The number of carbonyl (C=O) groups is 1. The fourth-order valence-electron chi connectivity index (χ4n) is 2.61. The first kappa shape index (κ1) is 20.6. The summed E-state index contributed by atoms with van der Waals surface area (Å²) in [5, 5.41) is 3.22. The van der Waals surface area contributed by atoms with Gasteiger partial charge in [-0.15, -0.1) is 0 Å². The Balaban J connectivity index is 1.93. The molecule has 0 radical (unpaired) electrons. The molecule has 0 fully saturated rings. The number of nitrogens with one attached hydrogen (secondary N) is 1. The second kappa shape index (κ2) is 9.87. The quantitative estimate of drug-likeness (QED) is 0.550. The summed E-state index contributed by atoms with van der Waals surface area (Å²) in [4.78, 5) is 11.5. The Morgan fingerprint density at radius 3 is 2.54 bits per heavy atom. The summed E-state index contributed by atoms with van der Waals surface area (Å²) in [5.41, 5.74) is 7.48. The average Bonchev–Trinajstić information content (AvgIpc) is 2.59. The lowest BCUT2D eigenvalue weighted by Gasteiger charge is -2.19. The number of ether oxygens (including phenoxy) is 1. The van der Waals surface area contributed by atoms with E-state index < -0.39 is 0 Å². The summed E-state index contributed by atoms with van der Waals surface area (Å²) in [7, 11) is 0. The topological polar surface area (TPSA) is 64.3 Å². The van der Waals surface area contributed by atoms with Crippen molar-refractivity contribution in [1.82, 2.24) is 5.32 Å². The zero-order valence-corrected chi connectivity index (χ0v) is 17.1. The molecule has 0 aliphatic rings. The van der Waals surface area contributed by atoms with Crippen LogP contribution in [0.15, 0.2) is 42.5 Å². The van der Waals surface area contributed by atoms with Gasteiger partial charge in [0.15, 0.2) is 0 Å². The van der Waals surface area contributed by atoms with E-state index in [1.807, 2.05) is 32.0 Å². The first-order valence-electron chi connectivity index (χ1n) is 8.55. The lowest BCUT2D eigenvalue weighted by molar-refractivity contribution is -0.120. The zero-order chi connectivity index (χ0) is 19.1. The zero-order valence-electron chi connectivity index (χ0n) is 15.0. The second-order valence-electron chi connectivity index (χ2n) is 6.50. The number of hydrogen-bond acceptors (Lipinski definition) is 3. The summed E-state index contributed by atoms with van der Waals surface area (Å²) < 4.78 is 19.9. The molecule has 0 spiro atoms. The van der Waals surface area contributed by atoms with Crippen molar-refractivity contribution in [2.45, 2.75) is 32.9 Å². The maximum atomic E-state index is 12.9. The van der Waals surface area contributed by atoms with Crippen LogP contribution in [-0.2, 0) is 17.8 Å². The van der Waals surface area contributed by atoms with Crippen LogP contribution < -0.4 is 15.8 Å². The van der Waals surface area contributed by atoms with Gasteiger partial charge in [-0.1, -0.05) is 26.0 Å². The van der Waals surface area contributed by atoms with Crippen molar-refractivity contribution < 1.29 is 13.9 Å². The normalized spacial score (nSPS) is 12.2. The maximum Gasteiger partial charge on any atom is 0.234 e. The van der Waals surface area contributed by atoms with Crippen LogP contribution in [0.4, 0.5) is 4.39 Å². The van der Waals surface area contributed by atoms with Crippen LogP contribution in [0.25, 0.3) is 0 Å². The van der Waals surface area contributed by atoms with Crippen molar-refractivity contribution >= 4 is 28.5 Å². The Hall–Kier alpha value is -1.67. The molecule has 1 amide bonds. The van der Waals surface area contributed by atoms with Gasteiger partial charge in [0, 0.05) is 3.57 Å². The monoisotopic (exact) mass is 470 g/mol. The van der Waals surface area contributed by atoms with Crippen LogP contribution in [0.3, 0.4) is 0 Å². The van der Waals surface area contributed by atoms with Gasteiger partial charge in [-0.2, -0.15) is 0 Å². The van der Waals surface area contributed by atoms with Crippen LogP contribution in [0.1, 0.15) is 25.0 Å². The molecule has 26 heavy (non-hydrogen) atoms. The Kier molecular flexibility index (Phi) is 7.84. The Labute approximate surface area is 167 Å². The van der Waals surface area contributed by atoms with Crippen molar-refractivity contribution in [3.05, 3.63) is 63.0 Å². The third-order valence-corrected chi connectivity index (χ3v) is 5.12. The summed E-state index contributed by atoms with van der Waals surface area (Å²) >= 11 is 2.29. The van der Waals surface area contributed by atoms with Gasteiger partial charge in [-0.05, 0) is 82.9 Å². The molecule has 2 aromatic rings. The molecule has 0 saturated heterocycles. The van der Waals surface area contributed by atoms with E-state index in [1.165, 1.54) is 12.1 Å². The molecule has 1 atom stereocenters. The summed E-state index contributed by atoms with van der Waals surface area (Å²) in [6.07, 6.45) is 0.766. The predicted octanol–water partition coefficient (Wildman–Crippen LogP) is 3.65. The van der Waals surface area contributed by atoms with E-state index in [4.69, 9.17) is 10.5 Å². The standard InChI is InChI=1S/C20H24FIN2O2/c1-13(2)19(20(23)25)24-10-9-15-11-17(7-8-18(15)22)26-12-14-3-5-16(21)6-4-14/h3-8,11,13,19,24H,9-10,12H2,1-2H3,(H2,23,25). The molecular weight excluding hydrogens is 446 g/mol. The molecule has 140 valence electrons. The number of carbonyl (C=O) groups excluding carboxylic acids is 1. The molecule has 0 saturated carbocycles. The maximum absolute atomic E-state index is 12.9. The van der Waals surface area contributed by atoms with Crippen LogP contribution >= 0.6 is 22.6 Å². The molecule has 0 aromatic heterocycles. The average molecular weight is 470 g/mol. The van der Waals surface area contributed by atoms with Gasteiger partial charge in [0.2, 0.25) is 5.91 Å². The van der Waals surface area contributed by atoms with E-state index in [1.54, 1.807) is 12.1 Å². The molecule has 0 heterocycles. The van der Waals surface area contributed by atoms with Crippen molar-refractivity contribution in [1.29, 1.82) is 0 Å². The number of amides is 1. The van der Waals surface area contributed by atoms with Gasteiger partial charge in [-0.3, -0.25) is 4.79 Å². The van der Waals surface area contributed by atoms with E-state index in [9.17, 15) is 9.18 Å². The van der Waals surface area contributed by atoms with Gasteiger partial charge in [0.1, 0.15) is 18.2 Å². The molecule has 2 aromatic carbocycles. The fraction of sp³-hybridized carbons (Fsp3) is 0.350. The van der Waals surface area contributed by atoms with Crippen molar-refractivity contribution in [3.63, 3.8) is 0 Å². The number of halogens is 2. The lowest BCUT2D eigenvalue weighted by Crippen LogP contribution is -2.45. The molecule has 0 aliphatic heterocycles.